The van der Waals surface area contributed by atoms with Gasteiger partial charge in [-0.1, -0.05) is 0 Å². The van der Waals surface area contributed by atoms with Crippen LogP contribution < -0.4 is 9.80 Å². The first-order chi connectivity index (χ1) is 11.2. The van der Waals surface area contributed by atoms with Crippen molar-refractivity contribution in [2.45, 2.75) is 12.8 Å². The average Bonchev–Trinajstić information content (AvgIpc) is 2.62. The predicted molar refractivity (Wildman–Crippen MR) is 88.7 cm³/mol. The molecule has 2 fully saturated rings. The van der Waals surface area contributed by atoms with Crippen molar-refractivity contribution in [2.24, 2.45) is 5.92 Å². The first-order valence-electron chi connectivity index (χ1n) is 8.25. The average molecular weight is 319 g/mol. The molecule has 1 aromatic heterocycles. The van der Waals surface area contributed by atoms with E-state index in [4.69, 9.17) is 4.74 Å². The molecule has 0 N–H and O–H groups in total. The summed E-state index contributed by atoms with van der Waals surface area (Å²) in [7, 11) is 3.97. The Morgan fingerprint density at radius 2 is 1.91 bits per heavy atom. The fourth-order valence-electron chi connectivity index (χ4n) is 3.29. The summed E-state index contributed by atoms with van der Waals surface area (Å²) in [6.45, 7) is 4.53. The lowest BCUT2D eigenvalue weighted by molar-refractivity contribution is -0.140. The minimum Gasteiger partial charge on any atom is -0.378 e. The van der Waals surface area contributed by atoms with Crippen LogP contribution in [-0.2, 0) is 9.53 Å². The summed E-state index contributed by atoms with van der Waals surface area (Å²) >= 11 is 0. The van der Waals surface area contributed by atoms with E-state index in [0.717, 1.165) is 50.5 Å². The van der Waals surface area contributed by atoms with Crippen molar-refractivity contribution in [2.75, 3.05) is 63.3 Å². The fraction of sp³-hybridized carbons (Fsp3) is 0.688. The van der Waals surface area contributed by atoms with E-state index >= 15 is 0 Å². The Balaban J connectivity index is 1.61. The maximum atomic E-state index is 12.6. The van der Waals surface area contributed by atoms with Crippen LogP contribution in [0.15, 0.2) is 12.5 Å². The van der Waals surface area contributed by atoms with E-state index in [1.54, 1.807) is 6.33 Å². The van der Waals surface area contributed by atoms with E-state index in [0.29, 0.717) is 19.1 Å². The highest BCUT2D eigenvalue weighted by Gasteiger charge is 2.30. The Morgan fingerprint density at radius 1 is 1.22 bits per heavy atom. The highest BCUT2D eigenvalue weighted by Crippen LogP contribution is 2.29. The van der Waals surface area contributed by atoms with E-state index in [2.05, 4.69) is 14.9 Å². The quantitative estimate of drug-likeness (QED) is 0.814. The third-order valence-corrected chi connectivity index (χ3v) is 4.60. The summed E-state index contributed by atoms with van der Waals surface area (Å²) < 4.78 is 5.33. The van der Waals surface area contributed by atoms with Gasteiger partial charge in [0.1, 0.15) is 6.33 Å². The smallest absolute Gasteiger partial charge is 0.225 e. The van der Waals surface area contributed by atoms with Crippen molar-refractivity contribution in [3.63, 3.8) is 0 Å². The number of aromatic nitrogens is 2. The van der Waals surface area contributed by atoms with E-state index in [-0.39, 0.29) is 5.92 Å². The number of carbonyl (C=O) groups excluding carboxylic acids is 1. The molecule has 126 valence electrons. The molecule has 0 aromatic carbocycles. The molecule has 0 unspecified atom stereocenters. The van der Waals surface area contributed by atoms with Gasteiger partial charge in [-0.05, 0) is 12.8 Å². The van der Waals surface area contributed by atoms with E-state index in [1.807, 2.05) is 30.1 Å². The molecule has 23 heavy (non-hydrogen) atoms. The number of hydrogen-bond acceptors (Lipinski definition) is 6. The van der Waals surface area contributed by atoms with Gasteiger partial charge in [0.2, 0.25) is 5.91 Å². The summed E-state index contributed by atoms with van der Waals surface area (Å²) in [4.78, 5) is 27.4. The third kappa shape index (κ3) is 3.55. The van der Waals surface area contributed by atoms with E-state index < -0.39 is 0 Å². The number of nitrogens with zero attached hydrogens (tertiary/aromatic N) is 5. The molecule has 2 saturated heterocycles. The van der Waals surface area contributed by atoms with Gasteiger partial charge in [-0.25, -0.2) is 9.97 Å². The number of carbonyl (C=O) groups is 1. The maximum Gasteiger partial charge on any atom is 0.225 e. The van der Waals surface area contributed by atoms with Crippen molar-refractivity contribution in [3.05, 3.63) is 12.5 Å². The molecule has 2 aliphatic heterocycles. The number of amides is 1. The van der Waals surface area contributed by atoms with Crippen molar-refractivity contribution >= 4 is 17.4 Å². The lowest BCUT2D eigenvalue weighted by Gasteiger charge is -2.37. The molecule has 7 nitrogen and oxygen atoms in total. The number of hydrogen-bond donors (Lipinski definition) is 0. The van der Waals surface area contributed by atoms with Crippen molar-refractivity contribution < 1.29 is 9.53 Å². The molecule has 0 bridgehead atoms. The van der Waals surface area contributed by atoms with Gasteiger partial charge in [-0.3, -0.25) is 4.79 Å². The van der Waals surface area contributed by atoms with Crippen LogP contribution in [0.5, 0.6) is 0 Å². The van der Waals surface area contributed by atoms with Crippen LogP contribution in [0, 0.1) is 5.92 Å². The number of piperidine rings is 1. The molecule has 3 heterocycles. The van der Waals surface area contributed by atoms with Gasteiger partial charge >= 0.3 is 0 Å². The van der Waals surface area contributed by atoms with E-state index in [9.17, 15) is 4.79 Å². The molecule has 0 spiro atoms. The summed E-state index contributed by atoms with van der Waals surface area (Å²) in [5, 5.41) is 0. The van der Waals surface area contributed by atoms with Crippen LogP contribution in [0.4, 0.5) is 11.5 Å². The van der Waals surface area contributed by atoms with Crippen molar-refractivity contribution in [3.8, 4) is 0 Å². The van der Waals surface area contributed by atoms with Crippen LogP contribution in [0.25, 0.3) is 0 Å². The molecule has 0 atom stereocenters. The summed E-state index contributed by atoms with van der Waals surface area (Å²) in [5.74, 6) is 1.36. The number of anilines is 2. The molecule has 1 amide bonds. The monoisotopic (exact) mass is 319 g/mol. The lowest BCUT2D eigenvalue weighted by atomic mass is 9.95. The second kappa shape index (κ2) is 7.12. The van der Waals surface area contributed by atoms with E-state index in [1.165, 1.54) is 0 Å². The number of ether oxygens (including phenoxy) is 1. The Hall–Kier alpha value is -1.89. The van der Waals surface area contributed by atoms with Crippen molar-refractivity contribution in [1.82, 2.24) is 14.9 Å². The zero-order chi connectivity index (χ0) is 16.2. The highest BCUT2D eigenvalue weighted by molar-refractivity contribution is 5.79. The van der Waals surface area contributed by atoms with Gasteiger partial charge in [0.05, 0.1) is 25.1 Å². The predicted octanol–water partition coefficient (Wildman–Crippen LogP) is 0.618. The van der Waals surface area contributed by atoms with Crippen LogP contribution in [-0.4, -0.2) is 74.3 Å². The summed E-state index contributed by atoms with van der Waals surface area (Å²) in [6.07, 6.45) is 5.22. The minimum atomic E-state index is 0.136. The zero-order valence-corrected chi connectivity index (χ0v) is 13.9. The molecule has 0 radical (unpaired) electrons. The number of morpholine rings is 1. The largest absolute Gasteiger partial charge is 0.378 e. The standard InChI is InChI=1S/C16H25N5O2/c1-19(2)15-14(11-17-12-18-15)20-5-3-13(4-6-20)16(22)21-7-9-23-10-8-21/h11-13H,3-10H2,1-2H3. The van der Waals surface area contributed by atoms with Crippen LogP contribution >= 0.6 is 0 Å². The highest BCUT2D eigenvalue weighted by atomic mass is 16.5. The van der Waals surface area contributed by atoms with Gasteiger partial charge in [0.15, 0.2) is 5.82 Å². The molecule has 1 aromatic rings. The Kier molecular flexibility index (Phi) is 4.95. The Labute approximate surface area is 137 Å². The second-order valence-electron chi connectivity index (χ2n) is 6.32. The SMILES string of the molecule is CN(C)c1ncncc1N1CCC(C(=O)N2CCOCC2)CC1. The molecular formula is C16H25N5O2. The van der Waals surface area contributed by atoms with Crippen LogP contribution in [0.1, 0.15) is 12.8 Å². The van der Waals surface area contributed by atoms with Gasteiger partial charge in [-0.2, -0.15) is 0 Å². The summed E-state index contributed by atoms with van der Waals surface area (Å²) in [6, 6.07) is 0. The minimum absolute atomic E-state index is 0.136. The first-order valence-corrected chi connectivity index (χ1v) is 8.25. The van der Waals surface area contributed by atoms with Crippen LogP contribution in [0.2, 0.25) is 0 Å². The fourth-order valence-corrected chi connectivity index (χ4v) is 3.29. The molecule has 2 aliphatic rings. The van der Waals surface area contributed by atoms with Crippen molar-refractivity contribution in [1.29, 1.82) is 0 Å². The second-order valence-corrected chi connectivity index (χ2v) is 6.32. The van der Waals surface area contributed by atoms with Gasteiger partial charge in [0.25, 0.3) is 0 Å². The molecular weight excluding hydrogens is 294 g/mol. The molecule has 7 heteroatoms. The maximum absolute atomic E-state index is 12.6. The topological polar surface area (TPSA) is 61.8 Å². The van der Waals surface area contributed by atoms with Gasteiger partial charge in [0, 0.05) is 46.2 Å². The van der Waals surface area contributed by atoms with Crippen LogP contribution in [0.3, 0.4) is 0 Å². The summed E-state index contributed by atoms with van der Waals surface area (Å²) in [5.41, 5.74) is 1.05. The molecule has 0 aliphatic carbocycles. The zero-order valence-electron chi connectivity index (χ0n) is 13.9. The van der Waals surface area contributed by atoms with Gasteiger partial charge < -0.3 is 19.4 Å². The number of rotatable bonds is 3. The molecule has 3 rings (SSSR count). The van der Waals surface area contributed by atoms with Gasteiger partial charge in [-0.15, -0.1) is 0 Å². The Morgan fingerprint density at radius 3 is 2.57 bits per heavy atom. The Bertz CT molecular complexity index is 537. The first kappa shape index (κ1) is 16.0. The normalized spacial score (nSPS) is 19.7. The lowest BCUT2D eigenvalue weighted by Crippen LogP contribution is -2.47. The molecule has 0 saturated carbocycles. The third-order valence-electron chi connectivity index (χ3n) is 4.60.